The molecule has 0 aliphatic heterocycles. The SMILES string of the molecule is Cc1ccc(C#CCO)c(C(=O)Nc2cc(C)nn2C)c1. The molecule has 0 fully saturated rings. The molecule has 2 rings (SSSR count). The predicted molar refractivity (Wildman–Crippen MR) is 81.0 cm³/mol. The molecule has 2 N–H and O–H groups in total. The van der Waals surface area contributed by atoms with Crippen LogP contribution in [0.2, 0.25) is 0 Å². The van der Waals surface area contributed by atoms with Gasteiger partial charge in [-0.1, -0.05) is 23.5 Å². The summed E-state index contributed by atoms with van der Waals surface area (Å²) in [5, 5.41) is 15.8. The lowest BCUT2D eigenvalue weighted by Gasteiger charge is -2.08. The van der Waals surface area contributed by atoms with Gasteiger partial charge in [-0.25, -0.2) is 0 Å². The second kappa shape index (κ2) is 6.25. The molecule has 1 aromatic heterocycles. The first kappa shape index (κ1) is 14.8. The zero-order valence-corrected chi connectivity index (χ0v) is 12.3. The van der Waals surface area contributed by atoms with Crippen LogP contribution in [0.3, 0.4) is 0 Å². The van der Waals surface area contributed by atoms with Crippen molar-refractivity contribution < 1.29 is 9.90 Å². The van der Waals surface area contributed by atoms with E-state index in [-0.39, 0.29) is 12.5 Å². The predicted octanol–water partition coefficient (Wildman–Crippen LogP) is 1.63. The van der Waals surface area contributed by atoms with Gasteiger partial charge in [0.1, 0.15) is 12.4 Å². The van der Waals surface area contributed by atoms with Crippen molar-refractivity contribution in [2.24, 2.45) is 7.05 Å². The minimum atomic E-state index is -0.246. The Hall–Kier alpha value is -2.58. The number of aliphatic hydroxyl groups is 1. The van der Waals surface area contributed by atoms with Crippen LogP contribution in [0.4, 0.5) is 5.82 Å². The fourth-order valence-corrected chi connectivity index (χ4v) is 2.00. The van der Waals surface area contributed by atoms with Gasteiger partial charge in [0.25, 0.3) is 5.91 Å². The molecule has 0 bridgehead atoms. The van der Waals surface area contributed by atoms with Gasteiger partial charge in [0.2, 0.25) is 0 Å². The van der Waals surface area contributed by atoms with Gasteiger partial charge in [-0.3, -0.25) is 9.48 Å². The Bertz CT molecular complexity index is 736. The number of aromatic nitrogens is 2. The van der Waals surface area contributed by atoms with Crippen LogP contribution in [0.15, 0.2) is 24.3 Å². The average Bonchev–Trinajstić information content (AvgIpc) is 2.75. The van der Waals surface area contributed by atoms with E-state index in [1.54, 1.807) is 29.9 Å². The molecule has 1 heterocycles. The summed E-state index contributed by atoms with van der Waals surface area (Å²) >= 11 is 0. The number of amides is 1. The van der Waals surface area contributed by atoms with Crippen LogP contribution in [0.25, 0.3) is 0 Å². The molecular formula is C16H17N3O2. The van der Waals surface area contributed by atoms with E-state index in [0.717, 1.165) is 11.3 Å². The van der Waals surface area contributed by atoms with E-state index >= 15 is 0 Å². The van der Waals surface area contributed by atoms with E-state index in [9.17, 15) is 4.79 Å². The summed E-state index contributed by atoms with van der Waals surface area (Å²) in [5.41, 5.74) is 2.87. The first-order valence-corrected chi connectivity index (χ1v) is 6.53. The number of rotatable bonds is 2. The Morgan fingerprint density at radius 2 is 2.14 bits per heavy atom. The lowest BCUT2D eigenvalue weighted by atomic mass is 10.0. The number of hydrogen-bond donors (Lipinski definition) is 2. The molecule has 5 nitrogen and oxygen atoms in total. The van der Waals surface area contributed by atoms with E-state index < -0.39 is 0 Å². The smallest absolute Gasteiger partial charge is 0.258 e. The van der Waals surface area contributed by atoms with Crippen molar-refractivity contribution in [3.63, 3.8) is 0 Å². The van der Waals surface area contributed by atoms with Crippen LogP contribution in [-0.4, -0.2) is 27.4 Å². The number of carbonyl (C=O) groups excluding carboxylic acids is 1. The van der Waals surface area contributed by atoms with E-state index in [2.05, 4.69) is 22.3 Å². The standard InChI is InChI=1S/C16H17N3O2/c1-11-6-7-13(5-4-8-20)14(9-11)16(21)17-15-10-12(2)18-19(15)3/h6-7,9-10,20H,8H2,1-3H3,(H,17,21). The van der Waals surface area contributed by atoms with Crippen molar-refractivity contribution in [2.45, 2.75) is 13.8 Å². The summed E-state index contributed by atoms with van der Waals surface area (Å²) in [7, 11) is 1.77. The molecule has 0 spiro atoms. The number of nitrogens with one attached hydrogen (secondary N) is 1. The van der Waals surface area contributed by atoms with Gasteiger partial charge in [-0.15, -0.1) is 0 Å². The van der Waals surface area contributed by atoms with E-state index in [4.69, 9.17) is 5.11 Å². The summed E-state index contributed by atoms with van der Waals surface area (Å²) in [6.07, 6.45) is 0. The second-order valence-corrected chi connectivity index (χ2v) is 4.76. The monoisotopic (exact) mass is 283 g/mol. The number of nitrogens with zero attached hydrogens (tertiary/aromatic N) is 2. The Morgan fingerprint density at radius 3 is 2.76 bits per heavy atom. The zero-order chi connectivity index (χ0) is 15.4. The topological polar surface area (TPSA) is 67.2 Å². The van der Waals surface area contributed by atoms with Crippen molar-refractivity contribution in [1.82, 2.24) is 9.78 Å². The highest BCUT2D eigenvalue weighted by Crippen LogP contribution is 2.15. The van der Waals surface area contributed by atoms with Crippen LogP contribution in [0, 0.1) is 25.7 Å². The molecule has 1 amide bonds. The molecule has 108 valence electrons. The summed E-state index contributed by atoms with van der Waals surface area (Å²) in [4.78, 5) is 12.4. The van der Waals surface area contributed by atoms with Gasteiger partial charge in [0.05, 0.1) is 11.3 Å². The maximum absolute atomic E-state index is 12.4. The van der Waals surface area contributed by atoms with Gasteiger partial charge in [-0.05, 0) is 26.0 Å². The first-order valence-electron chi connectivity index (χ1n) is 6.53. The van der Waals surface area contributed by atoms with Crippen molar-refractivity contribution >= 4 is 11.7 Å². The van der Waals surface area contributed by atoms with Crippen LogP contribution >= 0.6 is 0 Å². The number of aliphatic hydroxyl groups excluding tert-OH is 1. The normalized spacial score (nSPS) is 9.90. The van der Waals surface area contributed by atoms with E-state index in [0.29, 0.717) is 16.9 Å². The van der Waals surface area contributed by atoms with Gasteiger partial charge in [0, 0.05) is 18.7 Å². The summed E-state index contributed by atoms with van der Waals surface area (Å²) < 4.78 is 1.61. The molecule has 2 aromatic rings. The third-order valence-corrected chi connectivity index (χ3v) is 2.97. The number of carbonyl (C=O) groups is 1. The molecule has 0 saturated heterocycles. The van der Waals surface area contributed by atoms with Crippen LogP contribution in [0.1, 0.15) is 27.2 Å². The number of hydrogen-bond acceptors (Lipinski definition) is 3. The molecule has 0 aliphatic carbocycles. The Morgan fingerprint density at radius 1 is 1.38 bits per heavy atom. The van der Waals surface area contributed by atoms with Crippen molar-refractivity contribution in [2.75, 3.05) is 11.9 Å². The zero-order valence-electron chi connectivity index (χ0n) is 12.3. The highest BCUT2D eigenvalue weighted by molar-refractivity contribution is 6.05. The van der Waals surface area contributed by atoms with Crippen LogP contribution < -0.4 is 5.32 Å². The maximum Gasteiger partial charge on any atom is 0.258 e. The minimum absolute atomic E-state index is 0.240. The van der Waals surface area contributed by atoms with Gasteiger partial charge >= 0.3 is 0 Å². The molecule has 0 atom stereocenters. The Kier molecular flexibility index (Phi) is 4.41. The van der Waals surface area contributed by atoms with Gasteiger partial charge in [0.15, 0.2) is 0 Å². The van der Waals surface area contributed by atoms with Crippen molar-refractivity contribution in [3.8, 4) is 11.8 Å². The maximum atomic E-state index is 12.4. The molecule has 5 heteroatoms. The lowest BCUT2D eigenvalue weighted by Crippen LogP contribution is -2.16. The van der Waals surface area contributed by atoms with Gasteiger partial charge in [-0.2, -0.15) is 5.10 Å². The summed E-state index contributed by atoms with van der Waals surface area (Å²) in [5.74, 6) is 5.74. The fraction of sp³-hybridized carbons (Fsp3) is 0.250. The number of aryl methyl sites for hydroxylation is 3. The Balaban J connectivity index is 2.34. The molecule has 0 aliphatic rings. The summed E-state index contributed by atoms with van der Waals surface area (Å²) in [6.45, 7) is 3.53. The molecule has 0 unspecified atom stereocenters. The molecule has 0 saturated carbocycles. The van der Waals surface area contributed by atoms with E-state index in [1.165, 1.54) is 0 Å². The van der Waals surface area contributed by atoms with Gasteiger partial charge < -0.3 is 10.4 Å². The molecule has 0 radical (unpaired) electrons. The third-order valence-electron chi connectivity index (χ3n) is 2.97. The van der Waals surface area contributed by atoms with Crippen LogP contribution in [0.5, 0.6) is 0 Å². The van der Waals surface area contributed by atoms with Crippen molar-refractivity contribution in [3.05, 3.63) is 46.6 Å². The number of benzene rings is 1. The molecule has 21 heavy (non-hydrogen) atoms. The highest BCUT2D eigenvalue weighted by Gasteiger charge is 2.13. The lowest BCUT2D eigenvalue weighted by molar-refractivity contribution is 0.102. The largest absolute Gasteiger partial charge is 0.384 e. The minimum Gasteiger partial charge on any atom is -0.384 e. The first-order chi connectivity index (χ1) is 10.0. The average molecular weight is 283 g/mol. The number of anilines is 1. The summed E-state index contributed by atoms with van der Waals surface area (Å²) in [6, 6.07) is 7.24. The quantitative estimate of drug-likeness (QED) is 0.823. The molecular weight excluding hydrogens is 266 g/mol. The Labute approximate surface area is 123 Å². The van der Waals surface area contributed by atoms with E-state index in [1.807, 2.05) is 19.9 Å². The molecule has 1 aromatic carbocycles. The van der Waals surface area contributed by atoms with Crippen LogP contribution in [-0.2, 0) is 7.05 Å². The third kappa shape index (κ3) is 3.50. The van der Waals surface area contributed by atoms with Crippen molar-refractivity contribution in [1.29, 1.82) is 0 Å². The second-order valence-electron chi connectivity index (χ2n) is 4.76. The highest BCUT2D eigenvalue weighted by atomic mass is 16.2. The fourth-order valence-electron chi connectivity index (χ4n) is 2.00.